The molecule has 0 saturated carbocycles. The van der Waals surface area contributed by atoms with Crippen LogP contribution in [-0.2, 0) is 0 Å². The van der Waals surface area contributed by atoms with E-state index in [0.29, 0.717) is 5.02 Å². The van der Waals surface area contributed by atoms with Crippen LogP contribution in [0.15, 0.2) is 12.1 Å². The number of anilines is 1. The molecule has 1 saturated heterocycles. The third-order valence-electron chi connectivity index (χ3n) is 3.74. The van der Waals surface area contributed by atoms with E-state index in [2.05, 4.69) is 17.3 Å². The van der Waals surface area contributed by atoms with Crippen molar-refractivity contribution in [3.8, 4) is 0 Å². The van der Waals surface area contributed by atoms with E-state index in [9.17, 15) is 4.79 Å². The summed E-state index contributed by atoms with van der Waals surface area (Å²) in [6, 6.07) is 3.73. The van der Waals surface area contributed by atoms with E-state index in [1.165, 1.54) is 0 Å². The average molecular weight is 296 g/mol. The van der Waals surface area contributed by atoms with Crippen molar-refractivity contribution in [1.82, 2.24) is 9.80 Å². The Kier molecular flexibility index (Phi) is 4.89. The summed E-state index contributed by atoms with van der Waals surface area (Å²) < 4.78 is 0. The predicted molar refractivity (Wildman–Crippen MR) is 83.6 cm³/mol. The average Bonchev–Trinajstić information content (AvgIpc) is 2.58. The molecule has 1 aliphatic rings. The van der Waals surface area contributed by atoms with Crippen molar-refractivity contribution in [2.24, 2.45) is 0 Å². The Morgan fingerprint density at radius 2 is 1.80 bits per heavy atom. The number of nitrogens with zero attached hydrogens (tertiary/aromatic N) is 2. The van der Waals surface area contributed by atoms with Gasteiger partial charge >= 0.3 is 6.03 Å². The molecule has 0 atom stereocenters. The normalized spacial score (nSPS) is 16.9. The summed E-state index contributed by atoms with van der Waals surface area (Å²) in [6.45, 7) is 7.47. The van der Waals surface area contributed by atoms with Gasteiger partial charge in [0.15, 0.2) is 0 Å². The second kappa shape index (κ2) is 6.46. The zero-order chi connectivity index (χ0) is 14.7. The first-order chi connectivity index (χ1) is 9.47. The Bertz CT molecular complexity index is 481. The number of carbonyl (C=O) groups excluding carboxylic acids is 1. The molecule has 0 aliphatic carbocycles. The van der Waals surface area contributed by atoms with Gasteiger partial charge in [0.2, 0.25) is 0 Å². The van der Waals surface area contributed by atoms with Crippen LogP contribution in [0.25, 0.3) is 0 Å². The summed E-state index contributed by atoms with van der Waals surface area (Å²) in [4.78, 5) is 16.5. The fourth-order valence-corrected chi connectivity index (χ4v) is 2.87. The maximum absolute atomic E-state index is 12.4. The van der Waals surface area contributed by atoms with E-state index in [4.69, 9.17) is 11.6 Å². The lowest BCUT2D eigenvalue weighted by molar-refractivity contribution is 0.213. The molecule has 2 rings (SSSR count). The topological polar surface area (TPSA) is 35.6 Å². The van der Waals surface area contributed by atoms with Crippen LogP contribution in [0.3, 0.4) is 0 Å². The van der Waals surface area contributed by atoms with Crippen LogP contribution >= 0.6 is 11.6 Å². The fraction of sp³-hybridized carbons (Fsp3) is 0.533. The Morgan fingerprint density at radius 1 is 1.15 bits per heavy atom. The van der Waals surface area contributed by atoms with Crippen LogP contribution in [0.5, 0.6) is 0 Å². The summed E-state index contributed by atoms with van der Waals surface area (Å²) in [5.74, 6) is 0. The second-order valence-corrected chi connectivity index (χ2v) is 5.93. The predicted octanol–water partition coefficient (Wildman–Crippen LogP) is 3.13. The number of nitrogens with one attached hydrogen (secondary N) is 1. The number of likely N-dealkylation sites (N-methyl/N-ethyl adjacent to an activating group) is 1. The van der Waals surface area contributed by atoms with Crippen molar-refractivity contribution in [1.29, 1.82) is 0 Å². The van der Waals surface area contributed by atoms with Crippen molar-refractivity contribution >= 4 is 23.3 Å². The van der Waals surface area contributed by atoms with Gasteiger partial charge in [0, 0.05) is 30.3 Å². The maximum atomic E-state index is 12.4. The highest BCUT2D eigenvalue weighted by molar-refractivity contribution is 6.30. The summed E-state index contributed by atoms with van der Waals surface area (Å²) in [7, 11) is 2.09. The van der Waals surface area contributed by atoms with Crippen LogP contribution in [0.1, 0.15) is 17.5 Å². The minimum atomic E-state index is -0.0196. The number of benzene rings is 1. The minimum Gasteiger partial charge on any atom is -0.323 e. The molecule has 5 heteroatoms. The van der Waals surface area contributed by atoms with E-state index < -0.39 is 0 Å². The molecule has 20 heavy (non-hydrogen) atoms. The number of hydrogen-bond acceptors (Lipinski definition) is 2. The number of rotatable bonds is 1. The van der Waals surface area contributed by atoms with Crippen molar-refractivity contribution in [3.05, 3.63) is 28.3 Å². The van der Waals surface area contributed by atoms with Gasteiger partial charge in [-0.15, -0.1) is 0 Å². The molecule has 0 unspecified atom stereocenters. The van der Waals surface area contributed by atoms with Crippen LogP contribution in [0.2, 0.25) is 5.02 Å². The van der Waals surface area contributed by atoms with Crippen molar-refractivity contribution in [2.75, 3.05) is 38.5 Å². The molecule has 0 aromatic heterocycles. The van der Waals surface area contributed by atoms with E-state index >= 15 is 0 Å². The second-order valence-electron chi connectivity index (χ2n) is 5.49. The third-order valence-corrected chi connectivity index (χ3v) is 3.95. The molecule has 1 heterocycles. The molecule has 1 aromatic rings. The minimum absolute atomic E-state index is 0.0196. The summed E-state index contributed by atoms with van der Waals surface area (Å²) in [6.07, 6.45) is 1.02. The Labute approximate surface area is 125 Å². The molecule has 1 aliphatic heterocycles. The highest BCUT2D eigenvalue weighted by Crippen LogP contribution is 2.25. The van der Waals surface area contributed by atoms with Gasteiger partial charge in [-0.05, 0) is 57.1 Å². The first-order valence-corrected chi connectivity index (χ1v) is 7.36. The summed E-state index contributed by atoms with van der Waals surface area (Å²) in [5, 5.41) is 3.73. The molecule has 2 amide bonds. The van der Waals surface area contributed by atoms with Crippen LogP contribution in [0.4, 0.5) is 10.5 Å². The molecule has 0 radical (unpaired) electrons. The van der Waals surface area contributed by atoms with Gasteiger partial charge in [-0.1, -0.05) is 11.6 Å². The monoisotopic (exact) mass is 295 g/mol. The zero-order valence-corrected chi connectivity index (χ0v) is 13.1. The number of urea groups is 1. The van der Waals surface area contributed by atoms with Crippen LogP contribution in [-0.4, -0.2) is 49.1 Å². The van der Waals surface area contributed by atoms with Crippen molar-refractivity contribution < 1.29 is 4.79 Å². The Morgan fingerprint density at radius 3 is 2.45 bits per heavy atom. The summed E-state index contributed by atoms with van der Waals surface area (Å²) >= 11 is 6.02. The quantitative estimate of drug-likeness (QED) is 0.864. The zero-order valence-electron chi connectivity index (χ0n) is 12.4. The maximum Gasteiger partial charge on any atom is 0.321 e. The first-order valence-electron chi connectivity index (χ1n) is 6.98. The summed E-state index contributed by atoms with van der Waals surface area (Å²) in [5.41, 5.74) is 2.86. The molecule has 0 bridgehead atoms. The number of hydrogen-bond donors (Lipinski definition) is 1. The molecule has 1 fully saturated rings. The molecule has 110 valence electrons. The number of aryl methyl sites for hydroxylation is 2. The van der Waals surface area contributed by atoms with Gasteiger partial charge in [0.1, 0.15) is 0 Å². The van der Waals surface area contributed by atoms with Gasteiger partial charge in [-0.25, -0.2) is 4.79 Å². The molecule has 0 spiro atoms. The van der Waals surface area contributed by atoms with Gasteiger partial charge < -0.3 is 15.1 Å². The first kappa shape index (κ1) is 15.1. The highest BCUT2D eigenvalue weighted by Gasteiger charge is 2.18. The smallest absolute Gasteiger partial charge is 0.321 e. The molecule has 4 nitrogen and oxygen atoms in total. The fourth-order valence-electron chi connectivity index (χ4n) is 2.54. The van der Waals surface area contributed by atoms with Gasteiger partial charge in [-0.3, -0.25) is 0 Å². The van der Waals surface area contributed by atoms with Crippen LogP contribution < -0.4 is 5.32 Å². The van der Waals surface area contributed by atoms with Crippen molar-refractivity contribution in [2.45, 2.75) is 20.3 Å². The van der Waals surface area contributed by atoms with E-state index in [0.717, 1.165) is 49.4 Å². The largest absolute Gasteiger partial charge is 0.323 e. The standard InChI is InChI=1S/C15H22ClN3O/c1-11-9-13(16)10-12(2)14(11)17-15(20)19-6-4-5-18(3)7-8-19/h9-10H,4-8H2,1-3H3,(H,17,20). The lowest BCUT2D eigenvalue weighted by Crippen LogP contribution is -2.37. The lowest BCUT2D eigenvalue weighted by atomic mass is 10.1. The number of carbonyl (C=O) groups is 1. The van der Waals surface area contributed by atoms with E-state index in [-0.39, 0.29) is 6.03 Å². The van der Waals surface area contributed by atoms with Gasteiger partial charge in [-0.2, -0.15) is 0 Å². The molecular formula is C15H22ClN3O. The van der Waals surface area contributed by atoms with E-state index in [1.54, 1.807) is 0 Å². The highest BCUT2D eigenvalue weighted by atomic mass is 35.5. The molecule has 1 aromatic carbocycles. The lowest BCUT2D eigenvalue weighted by Gasteiger charge is -2.22. The molecular weight excluding hydrogens is 274 g/mol. The number of halogens is 1. The van der Waals surface area contributed by atoms with Crippen LogP contribution in [0, 0.1) is 13.8 Å². The number of amides is 2. The Balaban J connectivity index is 2.08. The van der Waals surface area contributed by atoms with E-state index in [1.807, 2.05) is 30.9 Å². The van der Waals surface area contributed by atoms with Gasteiger partial charge in [0.05, 0.1) is 0 Å². The SMILES string of the molecule is Cc1cc(Cl)cc(C)c1NC(=O)N1CCCN(C)CC1. The molecule has 1 N–H and O–H groups in total. The van der Waals surface area contributed by atoms with Gasteiger partial charge in [0.25, 0.3) is 0 Å². The Hall–Kier alpha value is -1.26. The third kappa shape index (κ3) is 3.64. The van der Waals surface area contributed by atoms with Crippen molar-refractivity contribution in [3.63, 3.8) is 0 Å².